The molecular formula is C26H35NO6. The minimum Gasteiger partial charge on any atom is -0.507 e. The molecule has 0 fully saturated rings. The zero-order chi connectivity index (χ0) is 24.6. The number of hydrogen-bond donors (Lipinski definition) is 2. The Hall–Kier alpha value is -3.22. The maximum atomic E-state index is 12.5. The number of carbonyl (C=O) groups excluding carboxylic acids is 2. The maximum absolute atomic E-state index is 12.5. The molecule has 7 nitrogen and oxygen atoms in total. The van der Waals surface area contributed by atoms with Gasteiger partial charge in [-0.25, -0.2) is 0 Å². The van der Waals surface area contributed by atoms with Gasteiger partial charge in [0.05, 0.1) is 25.9 Å². The highest BCUT2D eigenvalue weighted by atomic mass is 16.5. The number of phenols is 1. The van der Waals surface area contributed by atoms with Crippen molar-refractivity contribution >= 4 is 11.7 Å². The minimum absolute atomic E-state index is 0.0202. The SMILES string of the molecule is CNC(=O)c1ccc(OC)c(OCCCCOc2ccc(C(=O)CC(C)(C)C)c(O)c2C)c1. The van der Waals surface area contributed by atoms with Crippen molar-refractivity contribution in [3.05, 3.63) is 47.0 Å². The molecule has 0 saturated heterocycles. The molecular weight excluding hydrogens is 422 g/mol. The molecule has 0 radical (unpaired) electrons. The highest BCUT2D eigenvalue weighted by Crippen LogP contribution is 2.33. The zero-order valence-corrected chi connectivity index (χ0v) is 20.4. The molecule has 0 aromatic heterocycles. The summed E-state index contributed by atoms with van der Waals surface area (Å²) in [4.78, 5) is 24.3. The van der Waals surface area contributed by atoms with E-state index < -0.39 is 0 Å². The van der Waals surface area contributed by atoms with Crippen molar-refractivity contribution in [3.63, 3.8) is 0 Å². The molecule has 180 valence electrons. The van der Waals surface area contributed by atoms with Crippen molar-refractivity contribution in [1.82, 2.24) is 5.32 Å². The number of methoxy groups -OCH3 is 1. The first kappa shape index (κ1) is 26.0. The lowest BCUT2D eigenvalue weighted by atomic mass is 9.87. The Morgan fingerprint density at radius 3 is 2.15 bits per heavy atom. The number of unbranched alkanes of at least 4 members (excludes halogenated alkanes) is 1. The van der Waals surface area contributed by atoms with Crippen LogP contribution >= 0.6 is 0 Å². The van der Waals surface area contributed by atoms with Gasteiger partial charge < -0.3 is 24.6 Å². The van der Waals surface area contributed by atoms with Crippen LogP contribution in [0.25, 0.3) is 0 Å². The Morgan fingerprint density at radius 2 is 1.58 bits per heavy atom. The number of phenolic OH excluding ortho intramolecular Hbond substituents is 1. The van der Waals surface area contributed by atoms with Gasteiger partial charge in [0, 0.05) is 24.6 Å². The summed E-state index contributed by atoms with van der Waals surface area (Å²) in [5, 5.41) is 13.1. The Bertz CT molecular complexity index is 977. The largest absolute Gasteiger partial charge is 0.507 e. The molecule has 0 unspecified atom stereocenters. The molecule has 33 heavy (non-hydrogen) atoms. The molecule has 0 saturated carbocycles. The van der Waals surface area contributed by atoms with E-state index in [1.54, 1.807) is 51.4 Å². The fraction of sp³-hybridized carbons (Fsp3) is 0.462. The van der Waals surface area contributed by atoms with Crippen LogP contribution in [0, 0.1) is 12.3 Å². The zero-order valence-electron chi connectivity index (χ0n) is 20.4. The number of ether oxygens (including phenoxy) is 3. The first-order valence-electron chi connectivity index (χ1n) is 11.1. The average Bonchev–Trinajstić information content (AvgIpc) is 2.76. The van der Waals surface area contributed by atoms with E-state index in [-0.39, 0.29) is 22.9 Å². The van der Waals surface area contributed by atoms with Gasteiger partial charge in [0.25, 0.3) is 5.91 Å². The molecule has 2 rings (SSSR count). The smallest absolute Gasteiger partial charge is 0.251 e. The quantitative estimate of drug-likeness (QED) is 0.367. The Kier molecular flexibility index (Phi) is 9.14. The number of carbonyl (C=O) groups is 2. The molecule has 0 spiro atoms. The fourth-order valence-corrected chi connectivity index (χ4v) is 3.28. The van der Waals surface area contributed by atoms with Crippen molar-refractivity contribution < 1.29 is 28.9 Å². The lowest BCUT2D eigenvalue weighted by molar-refractivity contribution is 0.0934. The highest BCUT2D eigenvalue weighted by Gasteiger charge is 2.21. The first-order valence-corrected chi connectivity index (χ1v) is 11.1. The number of aromatic hydroxyl groups is 1. The molecule has 2 aromatic rings. The van der Waals surface area contributed by atoms with Crippen molar-refractivity contribution in [2.24, 2.45) is 5.41 Å². The lowest BCUT2D eigenvalue weighted by Crippen LogP contribution is -2.17. The summed E-state index contributed by atoms with van der Waals surface area (Å²) in [5.41, 5.74) is 1.23. The van der Waals surface area contributed by atoms with Crippen molar-refractivity contribution in [2.75, 3.05) is 27.4 Å². The van der Waals surface area contributed by atoms with E-state index in [0.717, 1.165) is 12.8 Å². The van der Waals surface area contributed by atoms with Crippen molar-refractivity contribution in [3.8, 4) is 23.0 Å². The summed E-state index contributed by atoms with van der Waals surface area (Å²) in [6, 6.07) is 8.40. The van der Waals surface area contributed by atoms with Crippen molar-refractivity contribution in [1.29, 1.82) is 0 Å². The molecule has 0 atom stereocenters. The standard InChI is InChI=1S/C26H35NO6/c1-17-21(12-10-19(24(17)29)20(28)16-26(2,3)4)32-13-7-8-14-33-23-15-18(25(30)27-5)9-11-22(23)31-6/h9-12,15,29H,7-8,13-14,16H2,1-6H3,(H,27,30). The van der Waals surface area contributed by atoms with Gasteiger partial charge in [0.15, 0.2) is 17.3 Å². The number of Topliss-reactive ketones (excluding diaryl/α,β-unsaturated/α-hetero) is 1. The van der Waals surface area contributed by atoms with Crippen LogP contribution in [-0.2, 0) is 0 Å². The molecule has 0 aliphatic heterocycles. The molecule has 2 N–H and O–H groups in total. The van der Waals surface area contributed by atoms with Crippen molar-refractivity contribution in [2.45, 2.75) is 47.0 Å². The number of amides is 1. The summed E-state index contributed by atoms with van der Waals surface area (Å²) >= 11 is 0. The Labute approximate surface area is 196 Å². The summed E-state index contributed by atoms with van der Waals surface area (Å²) in [5.74, 6) is 1.33. The van der Waals surface area contributed by atoms with Gasteiger partial charge in [0.2, 0.25) is 0 Å². The Balaban J connectivity index is 1.87. The highest BCUT2D eigenvalue weighted by molar-refractivity contribution is 5.99. The van der Waals surface area contributed by atoms with E-state index in [4.69, 9.17) is 14.2 Å². The second kappa shape index (κ2) is 11.6. The van der Waals surface area contributed by atoms with Crippen LogP contribution in [0.5, 0.6) is 23.0 Å². The van der Waals surface area contributed by atoms with Gasteiger partial charge in [-0.15, -0.1) is 0 Å². The van der Waals surface area contributed by atoms with E-state index in [0.29, 0.717) is 53.6 Å². The molecule has 2 aromatic carbocycles. The third kappa shape index (κ3) is 7.41. The predicted octanol–water partition coefficient (Wildman–Crippen LogP) is 4.93. The molecule has 7 heteroatoms. The third-order valence-corrected chi connectivity index (χ3v) is 5.08. The van der Waals surface area contributed by atoms with E-state index in [1.165, 1.54) is 0 Å². The van der Waals surface area contributed by atoms with Gasteiger partial charge >= 0.3 is 0 Å². The number of benzene rings is 2. The van der Waals surface area contributed by atoms with Gasteiger partial charge in [-0.3, -0.25) is 9.59 Å². The summed E-state index contributed by atoms with van der Waals surface area (Å²) in [6.07, 6.45) is 1.81. The monoisotopic (exact) mass is 457 g/mol. The predicted molar refractivity (Wildman–Crippen MR) is 128 cm³/mol. The molecule has 1 amide bonds. The van der Waals surface area contributed by atoms with Crippen LogP contribution < -0.4 is 19.5 Å². The van der Waals surface area contributed by atoms with Gasteiger partial charge in [-0.1, -0.05) is 20.8 Å². The molecule has 0 aliphatic carbocycles. The maximum Gasteiger partial charge on any atom is 0.251 e. The minimum atomic E-state index is -0.194. The summed E-state index contributed by atoms with van der Waals surface area (Å²) in [6.45, 7) is 8.59. The first-order chi connectivity index (χ1) is 15.6. The van der Waals surface area contributed by atoms with Gasteiger partial charge in [-0.2, -0.15) is 0 Å². The van der Waals surface area contributed by atoms with Crippen LogP contribution in [0.15, 0.2) is 30.3 Å². The molecule has 0 bridgehead atoms. The Morgan fingerprint density at radius 1 is 0.970 bits per heavy atom. The summed E-state index contributed by atoms with van der Waals surface area (Å²) in [7, 11) is 3.13. The van der Waals surface area contributed by atoms with Crippen LogP contribution in [0.3, 0.4) is 0 Å². The van der Waals surface area contributed by atoms with Crippen LogP contribution in [0.4, 0.5) is 0 Å². The fourth-order valence-electron chi connectivity index (χ4n) is 3.28. The summed E-state index contributed by atoms with van der Waals surface area (Å²) < 4.78 is 16.9. The second-order valence-corrected chi connectivity index (χ2v) is 9.09. The van der Waals surface area contributed by atoms with Gasteiger partial charge in [0.1, 0.15) is 11.5 Å². The lowest BCUT2D eigenvalue weighted by Gasteiger charge is -2.18. The van der Waals surface area contributed by atoms with Crippen LogP contribution in [-0.4, -0.2) is 44.2 Å². The van der Waals surface area contributed by atoms with Crippen LogP contribution in [0.1, 0.15) is 66.3 Å². The van der Waals surface area contributed by atoms with E-state index in [2.05, 4.69) is 5.32 Å². The average molecular weight is 458 g/mol. The molecule has 0 aliphatic rings. The second-order valence-electron chi connectivity index (χ2n) is 9.09. The number of ketones is 1. The van der Waals surface area contributed by atoms with Crippen LogP contribution in [0.2, 0.25) is 0 Å². The number of rotatable bonds is 11. The van der Waals surface area contributed by atoms with E-state index >= 15 is 0 Å². The third-order valence-electron chi connectivity index (χ3n) is 5.08. The number of hydrogen-bond acceptors (Lipinski definition) is 6. The van der Waals surface area contributed by atoms with Gasteiger partial charge in [-0.05, 0) is 55.5 Å². The van der Waals surface area contributed by atoms with E-state index in [9.17, 15) is 14.7 Å². The van der Waals surface area contributed by atoms with E-state index in [1.807, 2.05) is 20.8 Å². The number of nitrogens with one attached hydrogen (secondary N) is 1. The molecule has 0 heterocycles. The normalized spacial score (nSPS) is 11.1. The topological polar surface area (TPSA) is 94.1 Å².